The fourth-order valence-electron chi connectivity index (χ4n) is 2.60. The second kappa shape index (κ2) is 6.31. The molecule has 1 aromatic rings. The molecule has 19 heavy (non-hydrogen) atoms. The summed E-state index contributed by atoms with van der Waals surface area (Å²) in [6, 6.07) is 5.56. The first kappa shape index (κ1) is 13.5. The molecule has 0 spiro atoms. The molecular formula is C14H19N3O2. The molecule has 1 fully saturated rings. The van der Waals surface area contributed by atoms with Crippen LogP contribution in [0.5, 0.6) is 0 Å². The van der Waals surface area contributed by atoms with E-state index in [2.05, 4.69) is 10.3 Å². The van der Waals surface area contributed by atoms with Crippen LogP contribution in [0.25, 0.3) is 0 Å². The zero-order valence-electron chi connectivity index (χ0n) is 10.8. The highest BCUT2D eigenvalue weighted by Gasteiger charge is 2.34. The van der Waals surface area contributed by atoms with E-state index < -0.39 is 0 Å². The first-order valence-electron chi connectivity index (χ1n) is 6.65. The SMILES string of the molecule is NC(=O)[C@H]1CCCC[C@H]1C(=O)NCc1ccccn1. The Kier molecular flexibility index (Phi) is 4.49. The summed E-state index contributed by atoms with van der Waals surface area (Å²) < 4.78 is 0. The van der Waals surface area contributed by atoms with Gasteiger partial charge in [0.15, 0.2) is 0 Å². The predicted molar refractivity (Wildman–Crippen MR) is 70.7 cm³/mol. The minimum atomic E-state index is -0.363. The normalized spacial score (nSPS) is 22.7. The monoisotopic (exact) mass is 261 g/mol. The van der Waals surface area contributed by atoms with E-state index in [-0.39, 0.29) is 23.7 Å². The Bertz CT molecular complexity index is 447. The van der Waals surface area contributed by atoms with E-state index in [0.717, 1.165) is 31.4 Å². The summed E-state index contributed by atoms with van der Waals surface area (Å²) in [6.45, 7) is 0.391. The molecule has 3 N–H and O–H groups in total. The molecule has 5 heteroatoms. The molecule has 2 rings (SSSR count). The third kappa shape index (κ3) is 3.53. The van der Waals surface area contributed by atoms with Crippen molar-refractivity contribution in [3.8, 4) is 0 Å². The fraction of sp³-hybridized carbons (Fsp3) is 0.500. The lowest BCUT2D eigenvalue weighted by atomic mass is 9.78. The lowest BCUT2D eigenvalue weighted by Gasteiger charge is -2.28. The molecule has 0 saturated heterocycles. The first-order valence-corrected chi connectivity index (χ1v) is 6.65. The lowest BCUT2D eigenvalue weighted by molar-refractivity contribution is -0.135. The quantitative estimate of drug-likeness (QED) is 0.847. The number of nitrogens with one attached hydrogen (secondary N) is 1. The van der Waals surface area contributed by atoms with Gasteiger partial charge >= 0.3 is 0 Å². The minimum Gasteiger partial charge on any atom is -0.369 e. The molecule has 0 radical (unpaired) electrons. The van der Waals surface area contributed by atoms with Gasteiger partial charge in [0.05, 0.1) is 12.2 Å². The number of primary amides is 1. The van der Waals surface area contributed by atoms with E-state index in [9.17, 15) is 9.59 Å². The van der Waals surface area contributed by atoms with Gasteiger partial charge in [-0.05, 0) is 25.0 Å². The van der Waals surface area contributed by atoms with Crippen molar-refractivity contribution in [1.82, 2.24) is 10.3 Å². The highest BCUT2D eigenvalue weighted by Crippen LogP contribution is 2.29. The number of aromatic nitrogens is 1. The number of nitrogens with zero attached hydrogens (tertiary/aromatic N) is 1. The van der Waals surface area contributed by atoms with Crippen molar-refractivity contribution in [1.29, 1.82) is 0 Å². The summed E-state index contributed by atoms with van der Waals surface area (Å²) in [7, 11) is 0. The van der Waals surface area contributed by atoms with E-state index in [1.807, 2.05) is 18.2 Å². The van der Waals surface area contributed by atoms with Crippen molar-refractivity contribution in [2.75, 3.05) is 0 Å². The maximum atomic E-state index is 12.1. The standard InChI is InChI=1S/C14H19N3O2/c15-13(18)11-6-1-2-7-12(11)14(19)17-9-10-5-3-4-8-16-10/h3-5,8,11-12H,1-2,6-7,9H2,(H2,15,18)(H,17,19)/t11-,12+/m0/s1. The molecule has 2 atom stereocenters. The van der Waals surface area contributed by atoms with Crippen molar-refractivity contribution in [2.24, 2.45) is 17.6 Å². The summed E-state index contributed by atoms with van der Waals surface area (Å²) in [6.07, 6.45) is 5.09. The third-order valence-electron chi connectivity index (χ3n) is 3.64. The molecule has 5 nitrogen and oxygen atoms in total. The topological polar surface area (TPSA) is 85.1 Å². The predicted octanol–water partition coefficient (Wildman–Crippen LogP) is 0.989. The van der Waals surface area contributed by atoms with E-state index in [1.54, 1.807) is 6.20 Å². The van der Waals surface area contributed by atoms with Crippen LogP contribution in [0.4, 0.5) is 0 Å². The summed E-state index contributed by atoms with van der Waals surface area (Å²) in [5, 5.41) is 2.84. The minimum absolute atomic E-state index is 0.0887. The average Bonchev–Trinajstić information content (AvgIpc) is 2.46. The number of hydrogen-bond acceptors (Lipinski definition) is 3. The number of hydrogen-bond donors (Lipinski definition) is 2. The first-order chi connectivity index (χ1) is 9.18. The zero-order chi connectivity index (χ0) is 13.7. The van der Waals surface area contributed by atoms with Crippen molar-refractivity contribution >= 4 is 11.8 Å². The molecule has 0 aromatic carbocycles. The van der Waals surface area contributed by atoms with Gasteiger partial charge in [-0.25, -0.2) is 0 Å². The summed E-state index contributed by atoms with van der Waals surface area (Å²) in [4.78, 5) is 27.7. The third-order valence-corrected chi connectivity index (χ3v) is 3.64. The molecule has 0 aliphatic heterocycles. The Labute approximate surface area is 112 Å². The van der Waals surface area contributed by atoms with Gasteiger partial charge in [-0.2, -0.15) is 0 Å². The zero-order valence-corrected chi connectivity index (χ0v) is 10.8. The number of amides is 2. The molecule has 102 valence electrons. The van der Waals surface area contributed by atoms with Gasteiger partial charge in [0.2, 0.25) is 11.8 Å². The Hall–Kier alpha value is -1.91. The number of pyridine rings is 1. The van der Waals surface area contributed by atoms with Crippen molar-refractivity contribution in [2.45, 2.75) is 32.2 Å². The molecule has 2 amide bonds. The van der Waals surface area contributed by atoms with Gasteiger partial charge in [-0.15, -0.1) is 0 Å². The summed E-state index contributed by atoms with van der Waals surface area (Å²) >= 11 is 0. The smallest absolute Gasteiger partial charge is 0.224 e. The summed E-state index contributed by atoms with van der Waals surface area (Å²) in [5.41, 5.74) is 6.18. The van der Waals surface area contributed by atoms with Gasteiger partial charge in [0.25, 0.3) is 0 Å². The number of rotatable bonds is 4. The lowest BCUT2D eigenvalue weighted by Crippen LogP contribution is -2.41. The van der Waals surface area contributed by atoms with Crippen molar-refractivity contribution in [3.63, 3.8) is 0 Å². The highest BCUT2D eigenvalue weighted by atomic mass is 16.2. The van der Waals surface area contributed by atoms with Crippen LogP contribution >= 0.6 is 0 Å². The summed E-state index contributed by atoms with van der Waals surface area (Å²) in [5.74, 6) is -1.06. The molecule has 1 aromatic heterocycles. The number of carbonyl (C=O) groups is 2. The van der Waals surface area contributed by atoms with Gasteiger partial charge in [0.1, 0.15) is 0 Å². The van der Waals surface area contributed by atoms with Gasteiger partial charge in [-0.1, -0.05) is 18.9 Å². The molecular weight excluding hydrogens is 242 g/mol. The average molecular weight is 261 g/mol. The van der Waals surface area contributed by atoms with Crippen LogP contribution < -0.4 is 11.1 Å². The van der Waals surface area contributed by atoms with Gasteiger partial charge in [-0.3, -0.25) is 14.6 Å². The Morgan fingerprint density at radius 1 is 1.26 bits per heavy atom. The second-order valence-electron chi connectivity index (χ2n) is 4.94. The highest BCUT2D eigenvalue weighted by molar-refractivity contribution is 5.87. The second-order valence-corrected chi connectivity index (χ2v) is 4.94. The molecule has 0 unspecified atom stereocenters. The maximum absolute atomic E-state index is 12.1. The van der Waals surface area contributed by atoms with Crippen LogP contribution in [-0.4, -0.2) is 16.8 Å². The van der Waals surface area contributed by atoms with Crippen molar-refractivity contribution < 1.29 is 9.59 Å². The van der Waals surface area contributed by atoms with E-state index in [0.29, 0.717) is 6.54 Å². The number of carbonyl (C=O) groups excluding carboxylic acids is 2. The largest absolute Gasteiger partial charge is 0.369 e. The molecule has 1 saturated carbocycles. The molecule has 0 bridgehead atoms. The Morgan fingerprint density at radius 2 is 2.00 bits per heavy atom. The van der Waals surface area contributed by atoms with E-state index in [1.165, 1.54) is 0 Å². The van der Waals surface area contributed by atoms with Crippen LogP contribution in [0.2, 0.25) is 0 Å². The van der Waals surface area contributed by atoms with Crippen LogP contribution in [0.15, 0.2) is 24.4 Å². The van der Waals surface area contributed by atoms with Crippen LogP contribution in [-0.2, 0) is 16.1 Å². The molecule has 1 aliphatic rings. The fourth-order valence-corrected chi connectivity index (χ4v) is 2.60. The van der Waals surface area contributed by atoms with Crippen LogP contribution in [0.1, 0.15) is 31.4 Å². The number of nitrogens with two attached hydrogens (primary N) is 1. The van der Waals surface area contributed by atoms with E-state index >= 15 is 0 Å². The van der Waals surface area contributed by atoms with E-state index in [4.69, 9.17) is 5.73 Å². The Balaban J connectivity index is 1.93. The van der Waals surface area contributed by atoms with Crippen molar-refractivity contribution in [3.05, 3.63) is 30.1 Å². The van der Waals surface area contributed by atoms with Gasteiger partial charge in [0, 0.05) is 18.0 Å². The van der Waals surface area contributed by atoms with Crippen LogP contribution in [0, 0.1) is 11.8 Å². The van der Waals surface area contributed by atoms with Crippen LogP contribution in [0.3, 0.4) is 0 Å². The maximum Gasteiger partial charge on any atom is 0.224 e. The molecule has 1 aliphatic carbocycles. The Morgan fingerprint density at radius 3 is 2.63 bits per heavy atom. The molecule has 1 heterocycles. The van der Waals surface area contributed by atoms with Gasteiger partial charge < -0.3 is 11.1 Å².